The number of hydrogen-bond acceptors (Lipinski definition) is 3. The van der Waals surface area contributed by atoms with E-state index in [1.54, 1.807) is 0 Å². The normalized spacial score (nSPS) is 15.1. The third kappa shape index (κ3) is 5.76. The van der Waals surface area contributed by atoms with Crippen LogP contribution in [0.3, 0.4) is 0 Å². The van der Waals surface area contributed by atoms with Crippen LogP contribution in [0.1, 0.15) is 38.2 Å². The van der Waals surface area contributed by atoms with Gasteiger partial charge in [0.2, 0.25) is 5.91 Å². The highest BCUT2D eigenvalue weighted by Gasteiger charge is 2.29. The molecule has 5 nitrogen and oxygen atoms in total. The maximum atomic E-state index is 12.4. The molecule has 0 atom stereocenters. The van der Waals surface area contributed by atoms with Gasteiger partial charge in [-0.25, -0.2) is 0 Å². The van der Waals surface area contributed by atoms with Gasteiger partial charge in [0.05, 0.1) is 0 Å². The van der Waals surface area contributed by atoms with Crippen LogP contribution in [-0.4, -0.2) is 54.9 Å². The number of likely N-dealkylation sites (tertiary alicyclic amines) is 1. The van der Waals surface area contributed by atoms with E-state index in [-0.39, 0.29) is 24.3 Å². The number of carbonyl (C=O) groups is 2. The van der Waals surface area contributed by atoms with E-state index in [2.05, 4.69) is 6.92 Å². The Labute approximate surface area is 150 Å². The number of unbranched alkanes of at least 4 members (excludes halogenated alkanes) is 1. The summed E-state index contributed by atoms with van der Waals surface area (Å²) < 4.78 is 5.57. The molecular formula is C20H30N2O3. The van der Waals surface area contributed by atoms with Crippen LogP contribution in [0.5, 0.6) is 5.75 Å². The Kier molecular flexibility index (Phi) is 7.29. The second-order valence-corrected chi connectivity index (χ2v) is 6.87. The Morgan fingerprint density at radius 3 is 2.44 bits per heavy atom. The fraction of sp³-hybridized carbons (Fsp3) is 0.600. The number of rotatable bonds is 7. The zero-order valence-corrected chi connectivity index (χ0v) is 15.7. The molecule has 1 aromatic rings. The average Bonchev–Trinajstić information content (AvgIpc) is 2.65. The molecule has 1 saturated heterocycles. The maximum absolute atomic E-state index is 12.4. The highest BCUT2D eigenvalue weighted by atomic mass is 16.5. The number of aryl methyl sites for hydroxylation is 1. The average molecular weight is 346 g/mol. The van der Waals surface area contributed by atoms with Crippen molar-refractivity contribution < 1.29 is 14.3 Å². The van der Waals surface area contributed by atoms with E-state index in [4.69, 9.17) is 4.74 Å². The summed E-state index contributed by atoms with van der Waals surface area (Å²) in [6.45, 7) is 6.28. The van der Waals surface area contributed by atoms with Gasteiger partial charge in [0.1, 0.15) is 5.75 Å². The molecule has 0 spiro atoms. The van der Waals surface area contributed by atoms with Crippen LogP contribution < -0.4 is 4.74 Å². The van der Waals surface area contributed by atoms with E-state index in [1.165, 1.54) is 0 Å². The summed E-state index contributed by atoms with van der Waals surface area (Å²) in [7, 11) is 1.88. The zero-order valence-electron chi connectivity index (χ0n) is 15.7. The number of hydrogen-bond donors (Lipinski definition) is 0. The fourth-order valence-electron chi connectivity index (χ4n) is 3.06. The fourth-order valence-corrected chi connectivity index (χ4v) is 3.06. The molecule has 0 radical (unpaired) electrons. The summed E-state index contributed by atoms with van der Waals surface area (Å²) in [5.74, 6) is 0.966. The van der Waals surface area contributed by atoms with E-state index in [9.17, 15) is 9.59 Å². The van der Waals surface area contributed by atoms with Crippen LogP contribution in [0.2, 0.25) is 0 Å². The van der Waals surface area contributed by atoms with Crippen molar-refractivity contribution in [2.24, 2.45) is 5.92 Å². The molecule has 0 aliphatic carbocycles. The number of ether oxygens (including phenoxy) is 1. The maximum Gasteiger partial charge on any atom is 0.260 e. The van der Waals surface area contributed by atoms with Crippen molar-refractivity contribution in [3.63, 3.8) is 0 Å². The van der Waals surface area contributed by atoms with Crippen LogP contribution in [0.4, 0.5) is 0 Å². The van der Waals surface area contributed by atoms with Crippen LogP contribution in [-0.2, 0) is 9.59 Å². The van der Waals surface area contributed by atoms with Crippen LogP contribution in [0, 0.1) is 12.8 Å². The SMILES string of the molecule is CCCCN(C)C(=O)C1CCN(C(=O)COc2ccc(C)cc2)CC1. The minimum atomic E-state index is -0.00851. The van der Waals surface area contributed by atoms with Crippen molar-refractivity contribution >= 4 is 11.8 Å². The van der Waals surface area contributed by atoms with Gasteiger partial charge in [-0.05, 0) is 38.3 Å². The molecule has 1 fully saturated rings. The lowest BCUT2D eigenvalue weighted by Crippen LogP contribution is -2.45. The highest BCUT2D eigenvalue weighted by Crippen LogP contribution is 2.20. The predicted octanol–water partition coefficient (Wildman–Crippen LogP) is 2.87. The van der Waals surface area contributed by atoms with Crippen molar-refractivity contribution in [1.82, 2.24) is 9.80 Å². The molecule has 0 N–H and O–H groups in total. The van der Waals surface area contributed by atoms with E-state index < -0.39 is 0 Å². The Morgan fingerprint density at radius 2 is 1.84 bits per heavy atom. The highest BCUT2D eigenvalue weighted by molar-refractivity contribution is 5.80. The number of nitrogens with zero attached hydrogens (tertiary/aromatic N) is 2. The molecule has 138 valence electrons. The van der Waals surface area contributed by atoms with Crippen molar-refractivity contribution in [3.8, 4) is 5.75 Å². The molecule has 0 bridgehead atoms. The smallest absolute Gasteiger partial charge is 0.260 e. The molecule has 25 heavy (non-hydrogen) atoms. The van der Waals surface area contributed by atoms with E-state index in [0.29, 0.717) is 18.8 Å². The van der Waals surface area contributed by atoms with Gasteiger partial charge in [-0.3, -0.25) is 9.59 Å². The second kappa shape index (κ2) is 9.44. The van der Waals surface area contributed by atoms with Crippen LogP contribution in [0.15, 0.2) is 24.3 Å². The Morgan fingerprint density at radius 1 is 1.20 bits per heavy atom. The topological polar surface area (TPSA) is 49.9 Å². The molecular weight excluding hydrogens is 316 g/mol. The van der Waals surface area contributed by atoms with Gasteiger partial charge in [0, 0.05) is 32.6 Å². The Hall–Kier alpha value is -2.04. The lowest BCUT2D eigenvalue weighted by atomic mass is 9.95. The van der Waals surface area contributed by atoms with Crippen molar-refractivity contribution in [3.05, 3.63) is 29.8 Å². The number of piperidine rings is 1. The summed E-state index contributed by atoms with van der Waals surface area (Å²) in [5.41, 5.74) is 1.16. The number of benzene rings is 1. The molecule has 1 heterocycles. The van der Waals surface area contributed by atoms with E-state index in [0.717, 1.165) is 37.8 Å². The monoisotopic (exact) mass is 346 g/mol. The van der Waals surface area contributed by atoms with Crippen molar-refractivity contribution in [2.45, 2.75) is 39.5 Å². The first kappa shape index (κ1) is 19.3. The first-order valence-electron chi connectivity index (χ1n) is 9.23. The van der Waals surface area contributed by atoms with Gasteiger partial charge < -0.3 is 14.5 Å². The largest absolute Gasteiger partial charge is 0.484 e. The van der Waals surface area contributed by atoms with Gasteiger partial charge in [-0.2, -0.15) is 0 Å². The van der Waals surface area contributed by atoms with E-state index >= 15 is 0 Å². The van der Waals surface area contributed by atoms with Crippen molar-refractivity contribution in [2.75, 3.05) is 33.3 Å². The van der Waals surface area contributed by atoms with Gasteiger partial charge in [-0.1, -0.05) is 31.0 Å². The second-order valence-electron chi connectivity index (χ2n) is 6.87. The van der Waals surface area contributed by atoms with Gasteiger partial charge in [0.25, 0.3) is 5.91 Å². The predicted molar refractivity (Wildman–Crippen MR) is 98.5 cm³/mol. The van der Waals surface area contributed by atoms with Crippen LogP contribution >= 0.6 is 0 Å². The summed E-state index contributed by atoms with van der Waals surface area (Å²) in [5, 5.41) is 0. The molecule has 1 aliphatic heterocycles. The lowest BCUT2D eigenvalue weighted by Gasteiger charge is -2.33. The standard InChI is InChI=1S/C20H30N2O3/c1-4-5-12-21(3)20(24)17-10-13-22(14-11-17)19(23)15-25-18-8-6-16(2)7-9-18/h6-9,17H,4-5,10-15H2,1-3H3. The molecule has 1 aromatic carbocycles. The molecule has 2 rings (SSSR count). The number of carbonyl (C=O) groups excluding carboxylic acids is 2. The Balaban J connectivity index is 1.74. The first-order chi connectivity index (χ1) is 12.0. The zero-order chi connectivity index (χ0) is 18.2. The molecule has 0 aromatic heterocycles. The number of amides is 2. The Bertz CT molecular complexity index is 563. The third-order valence-electron chi connectivity index (χ3n) is 4.80. The van der Waals surface area contributed by atoms with Crippen molar-refractivity contribution in [1.29, 1.82) is 0 Å². The first-order valence-corrected chi connectivity index (χ1v) is 9.23. The van der Waals surface area contributed by atoms with Gasteiger partial charge >= 0.3 is 0 Å². The van der Waals surface area contributed by atoms with Gasteiger partial charge in [0.15, 0.2) is 6.61 Å². The minimum absolute atomic E-state index is 0.00851. The summed E-state index contributed by atoms with van der Waals surface area (Å²) in [6.07, 6.45) is 3.61. The minimum Gasteiger partial charge on any atom is -0.484 e. The molecule has 5 heteroatoms. The molecule has 2 amide bonds. The molecule has 0 unspecified atom stereocenters. The molecule has 1 aliphatic rings. The molecule has 0 saturated carbocycles. The lowest BCUT2D eigenvalue weighted by molar-refractivity contribution is -0.140. The summed E-state index contributed by atoms with van der Waals surface area (Å²) in [6, 6.07) is 7.68. The summed E-state index contributed by atoms with van der Waals surface area (Å²) >= 11 is 0. The van der Waals surface area contributed by atoms with Crippen LogP contribution in [0.25, 0.3) is 0 Å². The summed E-state index contributed by atoms with van der Waals surface area (Å²) in [4.78, 5) is 28.4. The third-order valence-corrected chi connectivity index (χ3v) is 4.80. The van der Waals surface area contributed by atoms with E-state index in [1.807, 2.05) is 48.0 Å². The quantitative estimate of drug-likeness (QED) is 0.763. The van der Waals surface area contributed by atoms with Gasteiger partial charge in [-0.15, -0.1) is 0 Å².